The summed E-state index contributed by atoms with van der Waals surface area (Å²) in [6.45, 7) is 3.71. The zero-order valence-electron chi connectivity index (χ0n) is 17.9. The molecule has 164 valence electrons. The number of nitrogens with one attached hydrogen (secondary N) is 2. The maximum Gasteiger partial charge on any atom is 0.267 e. The van der Waals surface area contributed by atoms with Crippen LogP contribution in [0.1, 0.15) is 16.7 Å². The van der Waals surface area contributed by atoms with E-state index in [1.165, 1.54) is 28.1 Å². The smallest absolute Gasteiger partial charge is 0.267 e. The minimum absolute atomic E-state index is 0.539. The minimum atomic E-state index is -0.539. The molecule has 32 heavy (non-hydrogen) atoms. The monoisotopic (exact) mass is 428 g/mol. The Morgan fingerprint density at radius 3 is 2.59 bits per heavy atom. The number of rotatable bonds is 10. The van der Waals surface area contributed by atoms with Gasteiger partial charge in [-0.1, -0.05) is 42.5 Å². The van der Waals surface area contributed by atoms with Gasteiger partial charge in [0, 0.05) is 61.7 Å². The zero-order valence-corrected chi connectivity index (χ0v) is 17.9. The lowest BCUT2D eigenvalue weighted by Crippen LogP contribution is -2.29. The molecule has 2 aromatic heterocycles. The van der Waals surface area contributed by atoms with Crippen molar-refractivity contribution < 1.29 is 10.0 Å². The molecule has 0 aliphatic rings. The van der Waals surface area contributed by atoms with Crippen LogP contribution in [-0.2, 0) is 24.3 Å². The Hall–Kier alpha value is -3.61. The van der Waals surface area contributed by atoms with Crippen molar-refractivity contribution in [2.24, 2.45) is 0 Å². The van der Waals surface area contributed by atoms with Gasteiger partial charge in [-0.15, -0.1) is 0 Å². The van der Waals surface area contributed by atoms with Crippen molar-refractivity contribution in [3.63, 3.8) is 0 Å². The van der Waals surface area contributed by atoms with Gasteiger partial charge in [0.25, 0.3) is 5.91 Å². The summed E-state index contributed by atoms with van der Waals surface area (Å²) >= 11 is 0. The standard InChI is InChI=1S/C26H28N4O2/c31-26(28-32)12-11-21-7-9-22(10-8-21)20-30(18-17-29-14-3-4-15-29)16-13-23-19-27-25-6-2-1-5-24(23)25/h1-12,14-15,19,27,32H,13,16-18,20H2,(H,28,31). The number of hydrogen-bond donors (Lipinski definition) is 3. The molecule has 0 saturated heterocycles. The summed E-state index contributed by atoms with van der Waals surface area (Å²) in [4.78, 5) is 17.0. The van der Waals surface area contributed by atoms with E-state index in [1.807, 2.05) is 12.1 Å². The average molecular weight is 429 g/mol. The number of hydrogen-bond acceptors (Lipinski definition) is 3. The van der Waals surface area contributed by atoms with Gasteiger partial charge < -0.3 is 9.55 Å². The number of H-pyrrole nitrogens is 1. The highest BCUT2D eigenvalue weighted by atomic mass is 16.5. The van der Waals surface area contributed by atoms with Gasteiger partial charge in [-0.3, -0.25) is 14.9 Å². The van der Waals surface area contributed by atoms with E-state index >= 15 is 0 Å². The fourth-order valence-corrected chi connectivity index (χ4v) is 3.86. The molecule has 6 heteroatoms. The van der Waals surface area contributed by atoms with Gasteiger partial charge >= 0.3 is 0 Å². The Morgan fingerprint density at radius 2 is 1.81 bits per heavy atom. The summed E-state index contributed by atoms with van der Waals surface area (Å²) in [5.41, 5.74) is 6.26. The number of amides is 1. The van der Waals surface area contributed by atoms with Gasteiger partial charge in [-0.05, 0) is 47.4 Å². The third kappa shape index (κ3) is 5.75. The molecule has 4 aromatic rings. The van der Waals surface area contributed by atoms with Crippen LogP contribution in [0.4, 0.5) is 0 Å². The van der Waals surface area contributed by atoms with Gasteiger partial charge in [0.05, 0.1) is 0 Å². The number of aromatic nitrogens is 2. The maximum atomic E-state index is 11.2. The fourth-order valence-electron chi connectivity index (χ4n) is 3.86. The molecular weight excluding hydrogens is 400 g/mol. The second-order valence-corrected chi connectivity index (χ2v) is 7.86. The van der Waals surface area contributed by atoms with Gasteiger partial charge in [0.15, 0.2) is 0 Å². The highest BCUT2D eigenvalue weighted by Gasteiger charge is 2.09. The van der Waals surface area contributed by atoms with Crippen molar-refractivity contribution in [2.45, 2.75) is 19.5 Å². The highest BCUT2D eigenvalue weighted by molar-refractivity contribution is 5.90. The average Bonchev–Trinajstić information content (AvgIpc) is 3.50. The van der Waals surface area contributed by atoms with E-state index in [0.29, 0.717) is 0 Å². The SMILES string of the molecule is O=C(C=Cc1ccc(CN(CCc2c[nH]c3ccccc23)CCn2cccc2)cc1)NO. The molecule has 3 N–H and O–H groups in total. The first-order valence-corrected chi connectivity index (χ1v) is 10.8. The van der Waals surface area contributed by atoms with E-state index in [2.05, 4.69) is 81.6 Å². The topological polar surface area (TPSA) is 73.3 Å². The summed E-state index contributed by atoms with van der Waals surface area (Å²) < 4.78 is 2.21. The molecular formula is C26H28N4O2. The number of nitrogens with zero attached hydrogens (tertiary/aromatic N) is 2. The number of aromatic amines is 1. The van der Waals surface area contributed by atoms with Crippen molar-refractivity contribution in [3.8, 4) is 0 Å². The quantitative estimate of drug-likeness (QED) is 0.201. The van der Waals surface area contributed by atoms with Crippen LogP contribution in [0.25, 0.3) is 17.0 Å². The van der Waals surface area contributed by atoms with Crippen LogP contribution in [0.3, 0.4) is 0 Å². The first kappa shape index (κ1) is 21.6. The number of para-hydroxylation sites is 1. The van der Waals surface area contributed by atoms with Gasteiger partial charge in [-0.25, -0.2) is 5.48 Å². The van der Waals surface area contributed by atoms with E-state index in [1.54, 1.807) is 11.6 Å². The van der Waals surface area contributed by atoms with Crippen molar-refractivity contribution in [2.75, 3.05) is 13.1 Å². The van der Waals surface area contributed by atoms with Crippen molar-refractivity contribution in [1.82, 2.24) is 19.9 Å². The zero-order chi connectivity index (χ0) is 22.2. The molecule has 0 spiro atoms. The van der Waals surface area contributed by atoms with E-state index in [4.69, 9.17) is 5.21 Å². The molecule has 1 amide bonds. The Balaban J connectivity index is 1.42. The summed E-state index contributed by atoms with van der Waals surface area (Å²) in [5.74, 6) is -0.539. The fraction of sp³-hybridized carbons (Fsp3) is 0.192. The summed E-state index contributed by atoms with van der Waals surface area (Å²) in [7, 11) is 0. The lowest BCUT2D eigenvalue weighted by Gasteiger charge is -2.23. The van der Waals surface area contributed by atoms with E-state index < -0.39 is 5.91 Å². The maximum absolute atomic E-state index is 11.2. The van der Waals surface area contributed by atoms with Gasteiger partial charge in [0.2, 0.25) is 0 Å². The van der Waals surface area contributed by atoms with Gasteiger partial charge in [-0.2, -0.15) is 0 Å². The first-order chi connectivity index (χ1) is 15.7. The molecule has 0 saturated carbocycles. The molecule has 0 aliphatic heterocycles. The normalized spacial score (nSPS) is 11.6. The minimum Gasteiger partial charge on any atom is -0.361 e. The predicted molar refractivity (Wildman–Crippen MR) is 127 cm³/mol. The molecule has 6 nitrogen and oxygen atoms in total. The predicted octanol–water partition coefficient (Wildman–Crippen LogP) is 4.23. The molecule has 2 heterocycles. The van der Waals surface area contributed by atoms with E-state index in [-0.39, 0.29) is 0 Å². The molecule has 0 atom stereocenters. The Morgan fingerprint density at radius 1 is 1.03 bits per heavy atom. The number of carbonyl (C=O) groups is 1. The second-order valence-electron chi connectivity index (χ2n) is 7.86. The number of fused-ring (bicyclic) bond motifs is 1. The lowest BCUT2D eigenvalue weighted by atomic mass is 10.1. The molecule has 4 rings (SSSR count). The van der Waals surface area contributed by atoms with Crippen molar-refractivity contribution in [3.05, 3.63) is 102 Å². The molecule has 2 aromatic carbocycles. The third-order valence-corrected chi connectivity index (χ3v) is 5.64. The summed E-state index contributed by atoms with van der Waals surface area (Å²) in [6.07, 6.45) is 10.3. The van der Waals surface area contributed by atoms with Crippen molar-refractivity contribution >= 4 is 22.9 Å². The van der Waals surface area contributed by atoms with Crippen LogP contribution >= 0.6 is 0 Å². The lowest BCUT2D eigenvalue weighted by molar-refractivity contribution is -0.124. The Kier molecular flexibility index (Phi) is 7.17. The Labute approximate surface area is 187 Å². The summed E-state index contributed by atoms with van der Waals surface area (Å²) in [6, 6.07) is 20.7. The molecule has 0 radical (unpaired) electrons. The van der Waals surface area contributed by atoms with Crippen molar-refractivity contribution in [1.29, 1.82) is 0 Å². The Bertz CT molecular complexity index is 1160. The van der Waals surface area contributed by atoms with Crippen LogP contribution in [0, 0.1) is 0 Å². The molecule has 0 unspecified atom stereocenters. The number of carbonyl (C=O) groups excluding carboxylic acids is 1. The first-order valence-electron chi connectivity index (χ1n) is 10.8. The van der Waals surface area contributed by atoms with E-state index in [0.717, 1.165) is 38.2 Å². The van der Waals surface area contributed by atoms with Crippen LogP contribution in [-0.4, -0.2) is 38.7 Å². The number of hydroxylamine groups is 1. The molecule has 0 fully saturated rings. The summed E-state index contributed by atoms with van der Waals surface area (Å²) in [5, 5.41) is 9.89. The van der Waals surface area contributed by atoms with Crippen LogP contribution in [0.15, 0.2) is 85.3 Å². The van der Waals surface area contributed by atoms with Crippen LogP contribution < -0.4 is 5.48 Å². The molecule has 0 aliphatic carbocycles. The van der Waals surface area contributed by atoms with Crippen LogP contribution in [0.5, 0.6) is 0 Å². The van der Waals surface area contributed by atoms with E-state index in [9.17, 15) is 4.79 Å². The van der Waals surface area contributed by atoms with Gasteiger partial charge in [0.1, 0.15) is 0 Å². The third-order valence-electron chi connectivity index (χ3n) is 5.64. The second kappa shape index (κ2) is 10.6. The largest absolute Gasteiger partial charge is 0.361 e. The highest BCUT2D eigenvalue weighted by Crippen LogP contribution is 2.19. The number of benzene rings is 2. The van der Waals surface area contributed by atoms with Crippen LogP contribution in [0.2, 0.25) is 0 Å². The molecule has 0 bridgehead atoms.